The molecule has 2 aliphatic rings. The highest BCUT2D eigenvalue weighted by atomic mass is 16.6. The fourth-order valence-corrected chi connectivity index (χ4v) is 2.90. The summed E-state index contributed by atoms with van der Waals surface area (Å²) in [7, 11) is 0. The van der Waals surface area contributed by atoms with Crippen LogP contribution in [0, 0.1) is 0 Å². The second kappa shape index (κ2) is 6.92. The molecule has 1 aromatic rings. The minimum atomic E-state index is -0.628. The summed E-state index contributed by atoms with van der Waals surface area (Å²) in [6, 6.07) is 5.32. The Balaban J connectivity index is 1.80. The summed E-state index contributed by atoms with van der Waals surface area (Å²) in [5.74, 6) is -0.379. The smallest absolute Gasteiger partial charge is 0.338 e. The van der Waals surface area contributed by atoms with Crippen molar-refractivity contribution < 1.29 is 24.2 Å². The van der Waals surface area contributed by atoms with Gasteiger partial charge < -0.3 is 25.2 Å². The molecule has 2 aliphatic heterocycles. The average Bonchev–Trinajstić information content (AvgIpc) is 3.06. The molecule has 0 aromatic heterocycles. The van der Waals surface area contributed by atoms with Crippen LogP contribution < -0.4 is 10.6 Å². The molecule has 24 heavy (non-hydrogen) atoms. The standard InChI is InChI=1S/C17H20N2O5/c1-10-14(16(21)24-9-13-3-2-8-23-13)15(19-17(22)18-10)11-4-6-12(20)7-5-11/h4-7,13,15,20H,2-3,8-9H2,1H3,(H2,18,19,22)/t13-,15-/m0/s1. The molecule has 2 heterocycles. The van der Waals surface area contributed by atoms with E-state index in [1.54, 1.807) is 19.1 Å². The van der Waals surface area contributed by atoms with Crippen molar-refractivity contribution in [3.05, 3.63) is 41.1 Å². The van der Waals surface area contributed by atoms with Gasteiger partial charge in [0, 0.05) is 12.3 Å². The number of hydrogen-bond donors (Lipinski definition) is 3. The van der Waals surface area contributed by atoms with E-state index in [2.05, 4.69) is 10.6 Å². The van der Waals surface area contributed by atoms with Crippen LogP contribution in [0.2, 0.25) is 0 Å². The molecular formula is C17H20N2O5. The van der Waals surface area contributed by atoms with E-state index in [9.17, 15) is 14.7 Å². The van der Waals surface area contributed by atoms with E-state index >= 15 is 0 Å². The number of allylic oxidation sites excluding steroid dienone is 1. The van der Waals surface area contributed by atoms with Gasteiger partial charge >= 0.3 is 12.0 Å². The number of phenolic OH excluding ortho intramolecular Hbond substituents is 1. The number of nitrogens with one attached hydrogen (secondary N) is 2. The maximum Gasteiger partial charge on any atom is 0.338 e. The van der Waals surface area contributed by atoms with Crippen molar-refractivity contribution in [3.8, 4) is 5.75 Å². The van der Waals surface area contributed by atoms with Crippen molar-refractivity contribution in [2.24, 2.45) is 0 Å². The number of aromatic hydroxyl groups is 1. The molecule has 1 saturated heterocycles. The normalized spacial score (nSPS) is 23.6. The van der Waals surface area contributed by atoms with E-state index in [4.69, 9.17) is 9.47 Å². The number of urea groups is 1. The Labute approximate surface area is 139 Å². The highest BCUT2D eigenvalue weighted by Crippen LogP contribution is 2.28. The van der Waals surface area contributed by atoms with Crippen LogP contribution in [0.5, 0.6) is 5.75 Å². The summed E-state index contributed by atoms with van der Waals surface area (Å²) in [5, 5.41) is 14.7. The van der Waals surface area contributed by atoms with E-state index in [0.29, 0.717) is 23.4 Å². The molecule has 3 N–H and O–H groups in total. The van der Waals surface area contributed by atoms with Crippen LogP contribution in [0.1, 0.15) is 31.4 Å². The van der Waals surface area contributed by atoms with E-state index in [0.717, 1.165) is 12.8 Å². The Morgan fingerprint density at radius 2 is 2.12 bits per heavy atom. The number of phenols is 1. The molecule has 2 atom stereocenters. The molecule has 1 aromatic carbocycles. The maximum absolute atomic E-state index is 12.5. The van der Waals surface area contributed by atoms with Crippen LogP contribution in [0.3, 0.4) is 0 Å². The molecule has 0 unspecified atom stereocenters. The first kappa shape index (κ1) is 16.3. The number of hydrogen-bond acceptors (Lipinski definition) is 5. The zero-order valence-electron chi connectivity index (χ0n) is 13.4. The molecule has 1 fully saturated rings. The SMILES string of the molecule is CC1=C(C(=O)OC[C@@H]2CCCO2)[C@H](c2ccc(O)cc2)NC(=O)N1. The van der Waals surface area contributed by atoms with Gasteiger partial charge in [0.25, 0.3) is 0 Å². The third-order valence-corrected chi connectivity index (χ3v) is 4.14. The maximum atomic E-state index is 12.5. The van der Waals surface area contributed by atoms with Gasteiger partial charge in [0.15, 0.2) is 0 Å². The predicted molar refractivity (Wildman–Crippen MR) is 85.1 cm³/mol. The van der Waals surface area contributed by atoms with Crippen molar-refractivity contribution in [1.82, 2.24) is 10.6 Å². The van der Waals surface area contributed by atoms with E-state index in [1.165, 1.54) is 12.1 Å². The minimum absolute atomic E-state index is 0.0619. The van der Waals surface area contributed by atoms with Crippen LogP contribution in [-0.4, -0.2) is 36.4 Å². The van der Waals surface area contributed by atoms with E-state index in [-0.39, 0.29) is 24.5 Å². The third-order valence-electron chi connectivity index (χ3n) is 4.14. The third kappa shape index (κ3) is 3.51. The lowest BCUT2D eigenvalue weighted by molar-refractivity contribution is -0.142. The van der Waals surface area contributed by atoms with Crippen LogP contribution in [0.15, 0.2) is 35.5 Å². The predicted octanol–water partition coefficient (Wildman–Crippen LogP) is 1.74. The first-order valence-corrected chi connectivity index (χ1v) is 7.90. The van der Waals surface area contributed by atoms with Crippen molar-refractivity contribution >= 4 is 12.0 Å². The van der Waals surface area contributed by atoms with Gasteiger partial charge in [0.05, 0.1) is 17.7 Å². The number of carbonyl (C=O) groups is 2. The van der Waals surface area contributed by atoms with Gasteiger partial charge in [0.1, 0.15) is 12.4 Å². The highest BCUT2D eigenvalue weighted by molar-refractivity contribution is 5.95. The van der Waals surface area contributed by atoms with E-state index < -0.39 is 12.0 Å². The van der Waals surface area contributed by atoms with Crippen LogP contribution in [0.4, 0.5) is 4.79 Å². The molecule has 0 spiro atoms. The van der Waals surface area contributed by atoms with Crippen molar-refractivity contribution in [3.63, 3.8) is 0 Å². The van der Waals surface area contributed by atoms with Gasteiger partial charge in [-0.05, 0) is 37.5 Å². The number of benzene rings is 1. The number of carbonyl (C=O) groups excluding carboxylic acids is 2. The monoisotopic (exact) mass is 332 g/mol. The summed E-state index contributed by atoms with van der Waals surface area (Å²) < 4.78 is 10.8. The second-order valence-corrected chi connectivity index (χ2v) is 5.90. The lowest BCUT2D eigenvalue weighted by Crippen LogP contribution is -2.45. The van der Waals surface area contributed by atoms with Crippen molar-refractivity contribution in [1.29, 1.82) is 0 Å². The zero-order valence-corrected chi connectivity index (χ0v) is 13.4. The highest BCUT2D eigenvalue weighted by Gasteiger charge is 2.32. The Morgan fingerprint density at radius 1 is 1.38 bits per heavy atom. The molecule has 7 heteroatoms. The average molecular weight is 332 g/mol. The molecule has 2 amide bonds. The second-order valence-electron chi connectivity index (χ2n) is 5.90. The van der Waals surface area contributed by atoms with Crippen LogP contribution in [-0.2, 0) is 14.3 Å². The number of esters is 1. The minimum Gasteiger partial charge on any atom is -0.508 e. The summed E-state index contributed by atoms with van der Waals surface area (Å²) in [5.41, 5.74) is 1.48. The van der Waals surface area contributed by atoms with Gasteiger partial charge in [-0.1, -0.05) is 12.1 Å². The summed E-state index contributed by atoms with van der Waals surface area (Å²) in [6.45, 7) is 2.55. The van der Waals surface area contributed by atoms with Crippen LogP contribution >= 0.6 is 0 Å². The van der Waals surface area contributed by atoms with Gasteiger partial charge in [-0.2, -0.15) is 0 Å². The Morgan fingerprint density at radius 3 is 2.79 bits per heavy atom. The molecule has 3 rings (SSSR count). The number of amides is 2. The lowest BCUT2D eigenvalue weighted by Gasteiger charge is -2.28. The van der Waals surface area contributed by atoms with Gasteiger partial charge in [-0.25, -0.2) is 9.59 Å². The molecule has 7 nitrogen and oxygen atoms in total. The molecule has 0 saturated carbocycles. The van der Waals surface area contributed by atoms with Crippen molar-refractivity contribution in [2.75, 3.05) is 13.2 Å². The summed E-state index contributed by atoms with van der Waals surface area (Å²) in [6.07, 6.45) is 1.78. The first-order chi connectivity index (χ1) is 11.5. The Bertz CT molecular complexity index is 662. The molecule has 0 aliphatic carbocycles. The molecule has 0 radical (unpaired) electrons. The quantitative estimate of drug-likeness (QED) is 0.730. The van der Waals surface area contributed by atoms with Gasteiger partial charge in [0.2, 0.25) is 0 Å². The van der Waals surface area contributed by atoms with Gasteiger partial charge in [-0.3, -0.25) is 0 Å². The topological polar surface area (TPSA) is 96.9 Å². The Hall–Kier alpha value is -2.54. The molecule has 0 bridgehead atoms. The number of rotatable bonds is 4. The summed E-state index contributed by atoms with van der Waals surface area (Å²) >= 11 is 0. The molecular weight excluding hydrogens is 312 g/mol. The van der Waals surface area contributed by atoms with Crippen LogP contribution in [0.25, 0.3) is 0 Å². The van der Waals surface area contributed by atoms with E-state index in [1.807, 2.05) is 0 Å². The van der Waals surface area contributed by atoms with Gasteiger partial charge in [-0.15, -0.1) is 0 Å². The zero-order chi connectivity index (χ0) is 17.1. The Kier molecular flexibility index (Phi) is 4.71. The number of ether oxygens (including phenoxy) is 2. The fourth-order valence-electron chi connectivity index (χ4n) is 2.90. The summed E-state index contributed by atoms with van der Waals surface area (Å²) in [4.78, 5) is 24.3. The fraction of sp³-hybridized carbons (Fsp3) is 0.412. The largest absolute Gasteiger partial charge is 0.508 e. The molecule has 128 valence electrons. The van der Waals surface area contributed by atoms with Crippen molar-refractivity contribution in [2.45, 2.75) is 31.9 Å². The lowest BCUT2D eigenvalue weighted by atomic mass is 9.95. The first-order valence-electron chi connectivity index (χ1n) is 7.90.